The number of hydrogen-bond donors (Lipinski definition) is 2. The molecule has 5 heteroatoms. The first kappa shape index (κ1) is 17.1. The molecule has 2 aromatic rings. The summed E-state index contributed by atoms with van der Waals surface area (Å²) in [5.74, 6) is 0. The van der Waals surface area contributed by atoms with Crippen molar-refractivity contribution >= 4 is 28.2 Å². The van der Waals surface area contributed by atoms with Crippen molar-refractivity contribution in [2.45, 2.75) is 56.7 Å². The number of pyridine rings is 1. The minimum atomic E-state index is 0.436. The highest BCUT2D eigenvalue weighted by Gasteiger charge is 2.23. The van der Waals surface area contributed by atoms with Gasteiger partial charge in [-0.2, -0.15) is 0 Å². The molecule has 2 heterocycles. The van der Waals surface area contributed by atoms with Crippen LogP contribution < -0.4 is 10.6 Å². The summed E-state index contributed by atoms with van der Waals surface area (Å²) in [5, 5.41) is 9.31. The van der Waals surface area contributed by atoms with E-state index in [0.29, 0.717) is 18.2 Å². The Labute approximate surface area is 154 Å². The Morgan fingerprint density at radius 2 is 1.92 bits per heavy atom. The van der Waals surface area contributed by atoms with Crippen molar-refractivity contribution in [1.82, 2.24) is 10.3 Å². The third-order valence-corrected chi connectivity index (χ3v) is 5.68. The van der Waals surface area contributed by atoms with Gasteiger partial charge in [-0.25, -0.2) is 0 Å². The molecular formula is C20H26ClN3O. The van der Waals surface area contributed by atoms with Crippen molar-refractivity contribution in [1.29, 1.82) is 0 Å². The number of ether oxygens (including phenoxy) is 1. The van der Waals surface area contributed by atoms with E-state index in [1.165, 1.54) is 38.5 Å². The van der Waals surface area contributed by atoms with E-state index in [0.717, 1.165) is 34.8 Å². The van der Waals surface area contributed by atoms with Gasteiger partial charge in [-0.1, -0.05) is 11.6 Å². The van der Waals surface area contributed by atoms with Crippen LogP contribution in [0.25, 0.3) is 10.9 Å². The van der Waals surface area contributed by atoms with Crippen LogP contribution in [0, 0.1) is 0 Å². The zero-order valence-corrected chi connectivity index (χ0v) is 15.3. The van der Waals surface area contributed by atoms with Gasteiger partial charge in [0.05, 0.1) is 11.6 Å². The summed E-state index contributed by atoms with van der Waals surface area (Å²) in [4.78, 5) is 4.42. The molecule has 2 aliphatic rings. The van der Waals surface area contributed by atoms with Crippen molar-refractivity contribution in [3.63, 3.8) is 0 Å². The molecule has 0 bridgehead atoms. The molecule has 4 rings (SSSR count). The van der Waals surface area contributed by atoms with Crippen LogP contribution in [0.1, 0.15) is 38.5 Å². The zero-order valence-electron chi connectivity index (χ0n) is 14.5. The average molecular weight is 360 g/mol. The standard InChI is InChI=1S/C20H26ClN3O/c21-14-3-8-18-19(9-10-22-20(18)12-14)24-16-6-4-15(5-7-16)23-13-17-2-1-11-25-17/h3,8-10,12,15-17,23H,1-2,4-7,11,13H2,(H,22,24)/t15-,16+,17?. The van der Waals surface area contributed by atoms with Gasteiger partial charge in [-0.3, -0.25) is 4.98 Å². The lowest BCUT2D eigenvalue weighted by Crippen LogP contribution is -2.40. The van der Waals surface area contributed by atoms with Crippen LogP contribution >= 0.6 is 11.6 Å². The molecule has 1 atom stereocenters. The molecular weight excluding hydrogens is 334 g/mol. The van der Waals surface area contributed by atoms with E-state index in [9.17, 15) is 0 Å². The fourth-order valence-electron chi connectivity index (χ4n) is 4.01. The number of anilines is 1. The molecule has 0 spiro atoms. The maximum absolute atomic E-state index is 6.08. The Hall–Kier alpha value is -1.36. The summed E-state index contributed by atoms with van der Waals surface area (Å²) in [5.41, 5.74) is 2.11. The van der Waals surface area contributed by atoms with E-state index in [1.54, 1.807) is 0 Å². The molecule has 1 saturated heterocycles. The second-order valence-corrected chi connectivity index (χ2v) is 7.69. The van der Waals surface area contributed by atoms with Gasteiger partial charge in [-0.15, -0.1) is 0 Å². The number of halogens is 1. The van der Waals surface area contributed by atoms with Gasteiger partial charge in [-0.05, 0) is 62.8 Å². The first-order valence-electron chi connectivity index (χ1n) is 9.44. The summed E-state index contributed by atoms with van der Waals surface area (Å²) in [6.07, 6.45) is 9.55. The second-order valence-electron chi connectivity index (χ2n) is 7.26. The van der Waals surface area contributed by atoms with Crippen LogP contribution in [0.2, 0.25) is 5.02 Å². The molecule has 25 heavy (non-hydrogen) atoms. The van der Waals surface area contributed by atoms with Crippen LogP contribution in [0.15, 0.2) is 30.5 Å². The molecule has 1 aliphatic carbocycles. The topological polar surface area (TPSA) is 46.2 Å². The number of fused-ring (bicyclic) bond motifs is 1. The third kappa shape index (κ3) is 4.25. The predicted molar refractivity (Wildman–Crippen MR) is 103 cm³/mol. The number of aromatic nitrogens is 1. The first-order chi connectivity index (χ1) is 12.3. The third-order valence-electron chi connectivity index (χ3n) is 5.45. The quantitative estimate of drug-likeness (QED) is 0.831. The normalized spacial score (nSPS) is 26.8. The molecule has 134 valence electrons. The second kappa shape index (κ2) is 7.90. The lowest BCUT2D eigenvalue weighted by atomic mass is 9.90. The Kier molecular flexibility index (Phi) is 5.39. The smallest absolute Gasteiger partial charge is 0.0737 e. The van der Waals surface area contributed by atoms with E-state index in [-0.39, 0.29) is 0 Å². The van der Waals surface area contributed by atoms with Gasteiger partial charge in [0.25, 0.3) is 0 Å². The van der Waals surface area contributed by atoms with E-state index < -0.39 is 0 Å². The molecule has 0 amide bonds. The van der Waals surface area contributed by atoms with Gasteiger partial charge in [0.1, 0.15) is 0 Å². The van der Waals surface area contributed by atoms with Crippen LogP contribution in [0.4, 0.5) is 5.69 Å². The van der Waals surface area contributed by atoms with Crippen LogP contribution in [-0.2, 0) is 4.74 Å². The number of rotatable bonds is 5. The Balaban J connectivity index is 1.31. The van der Waals surface area contributed by atoms with Crippen molar-refractivity contribution in [3.8, 4) is 0 Å². The van der Waals surface area contributed by atoms with Crippen molar-refractivity contribution in [2.75, 3.05) is 18.5 Å². The minimum Gasteiger partial charge on any atom is -0.382 e. The lowest BCUT2D eigenvalue weighted by Gasteiger charge is -2.31. The van der Waals surface area contributed by atoms with Crippen LogP contribution in [0.5, 0.6) is 0 Å². The highest BCUT2D eigenvalue weighted by Crippen LogP contribution is 2.28. The summed E-state index contributed by atoms with van der Waals surface area (Å²) >= 11 is 6.08. The fraction of sp³-hybridized carbons (Fsp3) is 0.550. The van der Waals surface area contributed by atoms with Gasteiger partial charge in [0.2, 0.25) is 0 Å². The van der Waals surface area contributed by atoms with Gasteiger partial charge in [0, 0.05) is 47.5 Å². The van der Waals surface area contributed by atoms with E-state index >= 15 is 0 Å². The number of hydrogen-bond acceptors (Lipinski definition) is 4. The molecule has 1 saturated carbocycles. The summed E-state index contributed by atoms with van der Waals surface area (Å²) in [6, 6.07) is 9.15. The van der Waals surface area contributed by atoms with Crippen molar-refractivity contribution < 1.29 is 4.74 Å². The van der Waals surface area contributed by atoms with Gasteiger partial charge in [0.15, 0.2) is 0 Å². The van der Waals surface area contributed by atoms with E-state index in [4.69, 9.17) is 16.3 Å². The Bertz CT molecular complexity index is 709. The molecule has 2 fully saturated rings. The number of nitrogens with zero attached hydrogens (tertiary/aromatic N) is 1. The first-order valence-corrected chi connectivity index (χ1v) is 9.81. The van der Waals surface area contributed by atoms with Crippen LogP contribution in [-0.4, -0.2) is 36.3 Å². The SMILES string of the molecule is Clc1ccc2c(N[C@H]3CC[C@@H](NCC4CCCO4)CC3)ccnc2c1. The largest absolute Gasteiger partial charge is 0.382 e. The molecule has 1 aromatic carbocycles. The lowest BCUT2D eigenvalue weighted by molar-refractivity contribution is 0.105. The molecule has 0 radical (unpaired) electrons. The summed E-state index contributed by atoms with van der Waals surface area (Å²) < 4.78 is 5.70. The molecule has 4 nitrogen and oxygen atoms in total. The summed E-state index contributed by atoms with van der Waals surface area (Å²) in [7, 11) is 0. The summed E-state index contributed by atoms with van der Waals surface area (Å²) in [6.45, 7) is 1.95. The van der Waals surface area contributed by atoms with Gasteiger partial charge < -0.3 is 15.4 Å². The Morgan fingerprint density at radius 3 is 2.72 bits per heavy atom. The number of benzene rings is 1. The molecule has 1 aromatic heterocycles. The highest BCUT2D eigenvalue weighted by molar-refractivity contribution is 6.31. The molecule has 2 N–H and O–H groups in total. The van der Waals surface area contributed by atoms with E-state index in [1.807, 2.05) is 18.3 Å². The van der Waals surface area contributed by atoms with Crippen molar-refractivity contribution in [2.24, 2.45) is 0 Å². The predicted octanol–water partition coefficient (Wildman–Crippen LogP) is 4.38. The number of nitrogens with one attached hydrogen (secondary N) is 2. The zero-order chi connectivity index (χ0) is 17.1. The Morgan fingerprint density at radius 1 is 1.08 bits per heavy atom. The highest BCUT2D eigenvalue weighted by atomic mass is 35.5. The monoisotopic (exact) mass is 359 g/mol. The maximum Gasteiger partial charge on any atom is 0.0737 e. The minimum absolute atomic E-state index is 0.436. The van der Waals surface area contributed by atoms with Crippen LogP contribution in [0.3, 0.4) is 0 Å². The maximum atomic E-state index is 6.08. The van der Waals surface area contributed by atoms with Gasteiger partial charge >= 0.3 is 0 Å². The molecule has 1 aliphatic heterocycles. The average Bonchev–Trinajstić information content (AvgIpc) is 3.15. The fourth-order valence-corrected chi connectivity index (χ4v) is 4.18. The van der Waals surface area contributed by atoms with E-state index in [2.05, 4.69) is 27.8 Å². The van der Waals surface area contributed by atoms with Crippen molar-refractivity contribution in [3.05, 3.63) is 35.5 Å². The molecule has 1 unspecified atom stereocenters.